The molecule has 0 radical (unpaired) electrons. The van der Waals surface area contributed by atoms with Crippen LogP contribution in [0.15, 0.2) is 71.6 Å². The average molecular weight is 487 g/mol. The summed E-state index contributed by atoms with van der Waals surface area (Å²) in [6.45, 7) is 0.659. The van der Waals surface area contributed by atoms with Gasteiger partial charge in [-0.25, -0.2) is 8.42 Å². The maximum Gasteiger partial charge on any atom is 0.267 e. The number of amides is 1. The van der Waals surface area contributed by atoms with Crippen LogP contribution in [0.4, 0.5) is 11.4 Å². The number of nitrogens with one attached hydrogen (secondary N) is 1. The molecule has 2 heterocycles. The second kappa shape index (κ2) is 8.49. The first-order chi connectivity index (χ1) is 15.9. The van der Waals surface area contributed by atoms with Crippen LogP contribution in [0.25, 0.3) is 0 Å². The van der Waals surface area contributed by atoms with Gasteiger partial charge in [-0.15, -0.1) is 0 Å². The summed E-state index contributed by atoms with van der Waals surface area (Å²) < 4.78 is 44.9. The summed E-state index contributed by atoms with van der Waals surface area (Å²) >= 11 is 6.12. The number of carbonyl (C=O) groups excluding carboxylic acids is 1. The molecule has 33 heavy (non-hydrogen) atoms. The standard InChI is InChI=1S/C23H19ClN2O6S/c24-15-6-8-19-18(12-15)26(33(28,29)17-4-2-1-3-5-17)14-22(32-19)23(27)25-16-7-9-20-21(13-16)31-11-10-30-20/h1-9,12-13,22H,10-11,14H2,(H,25,27)/t22-/m0/s1. The van der Waals surface area contributed by atoms with Crippen molar-refractivity contribution in [3.05, 3.63) is 71.8 Å². The maximum atomic E-state index is 13.4. The zero-order valence-corrected chi connectivity index (χ0v) is 18.8. The van der Waals surface area contributed by atoms with Gasteiger partial charge >= 0.3 is 0 Å². The summed E-state index contributed by atoms with van der Waals surface area (Å²) in [4.78, 5) is 13.2. The van der Waals surface area contributed by atoms with Gasteiger partial charge in [-0.2, -0.15) is 0 Å². The minimum absolute atomic E-state index is 0.101. The summed E-state index contributed by atoms with van der Waals surface area (Å²) in [7, 11) is -3.97. The Bertz CT molecular complexity index is 1320. The smallest absolute Gasteiger partial charge is 0.267 e. The van der Waals surface area contributed by atoms with Crippen LogP contribution in [0, 0.1) is 0 Å². The summed E-state index contributed by atoms with van der Waals surface area (Å²) in [6, 6.07) is 17.7. The fourth-order valence-corrected chi connectivity index (χ4v) is 5.31. The number of anilines is 2. The molecule has 1 amide bonds. The third-order valence-corrected chi connectivity index (χ3v) is 7.25. The minimum Gasteiger partial charge on any atom is -0.486 e. The zero-order valence-electron chi connectivity index (χ0n) is 17.2. The maximum absolute atomic E-state index is 13.4. The monoisotopic (exact) mass is 486 g/mol. The van der Waals surface area contributed by atoms with Gasteiger partial charge in [0.05, 0.1) is 17.1 Å². The molecule has 0 unspecified atom stereocenters. The third kappa shape index (κ3) is 4.17. The van der Waals surface area contributed by atoms with E-state index >= 15 is 0 Å². The van der Waals surface area contributed by atoms with Gasteiger partial charge in [0, 0.05) is 16.8 Å². The van der Waals surface area contributed by atoms with E-state index in [9.17, 15) is 13.2 Å². The summed E-state index contributed by atoms with van der Waals surface area (Å²) in [5, 5.41) is 3.12. The van der Waals surface area contributed by atoms with Crippen LogP contribution in [-0.2, 0) is 14.8 Å². The molecule has 5 rings (SSSR count). The molecule has 0 aromatic heterocycles. The largest absolute Gasteiger partial charge is 0.486 e. The number of nitrogens with zero attached hydrogens (tertiary/aromatic N) is 1. The number of hydrogen-bond acceptors (Lipinski definition) is 6. The van der Waals surface area contributed by atoms with Crippen molar-refractivity contribution in [3.63, 3.8) is 0 Å². The van der Waals surface area contributed by atoms with Crippen molar-refractivity contribution < 1.29 is 27.4 Å². The molecule has 0 fully saturated rings. The van der Waals surface area contributed by atoms with Crippen LogP contribution in [0.3, 0.4) is 0 Å². The highest BCUT2D eigenvalue weighted by Gasteiger charge is 2.37. The molecular weight excluding hydrogens is 468 g/mol. The van der Waals surface area contributed by atoms with E-state index in [2.05, 4.69) is 5.32 Å². The molecule has 0 spiro atoms. The van der Waals surface area contributed by atoms with Gasteiger partial charge in [-0.05, 0) is 42.5 Å². The first-order valence-electron chi connectivity index (χ1n) is 10.2. The van der Waals surface area contributed by atoms with Crippen molar-refractivity contribution in [3.8, 4) is 17.2 Å². The van der Waals surface area contributed by atoms with Crippen LogP contribution in [0.5, 0.6) is 17.2 Å². The van der Waals surface area contributed by atoms with Crippen molar-refractivity contribution in [2.24, 2.45) is 0 Å². The van der Waals surface area contributed by atoms with Crippen molar-refractivity contribution in [1.29, 1.82) is 0 Å². The SMILES string of the molecule is O=C(Nc1ccc2c(c1)OCCO2)[C@@H]1CN(S(=O)(=O)c2ccccc2)c2cc(Cl)ccc2O1. The molecule has 0 saturated carbocycles. The van der Waals surface area contributed by atoms with Crippen molar-refractivity contribution in [1.82, 2.24) is 0 Å². The summed E-state index contributed by atoms with van der Waals surface area (Å²) in [5.74, 6) is 0.865. The predicted molar refractivity (Wildman–Crippen MR) is 123 cm³/mol. The number of hydrogen-bond donors (Lipinski definition) is 1. The molecule has 2 aliphatic rings. The van der Waals surface area contributed by atoms with E-state index in [-0.39, 0.29) is 22.9 Å². The van der Waals surface area contributed by atoms with Crippen LogP contribution in [0.2, 0.25) is 5.02 Å². The first kappa shape index (κ1) is 21.4. The number of ether oxygens (including phenoxy) is 3. The Morgan fingerprint density at radius 3 is 2.45 bits per heavy atom. The minimum atomic E-state index is -3.97. The number of fused-ring (bicyclic) bond motifs is 2. The fraction of sp³-hybridized carbons (Fsp3) is 0.174. The molecule has 1 atom stereocenters. The van der Waals surface area contributed by atoms with Gasteiger partial charge in [-0.3, -0.25) is 9.10 Å². The Hall–Kier alpha value is -3.43. The zero-order chi connectivity index (χ0) is 23.0. The van der Waals surface area contributed by atoms with Crippen molar-refractivity contribution >= 4 is 38.9 Å². The Morgan fingerprint density at radius 1 is 0.939 bits per heavy atom. The molecular formula is C23H19ClN2O6S. The third-order valence-electron chi connectivity index (χ3n) is 5.22. The number of sulfonamides is 1. The topological polar surface area (TPSA) is 94.2 Å². The molecule has 0 aliphatic carbocycles. The van der Waals surface area contributed by atoms with Crippen LogP contribution < -0.4 is 23.8 Å². The van der Waals surface area contributed by atoms with Crippen LogP contribution in [0.1, 0.15) is 0 Å². The van der Waals surface area contributed by atoms with Crippen LogP contribution in [-0.4, -0.2) is 40.2 Å². The second-order valence-electron chi connectivity index (χ2n) is 7.42. The molecule has 3 aromatic carbocycles. The molecule has 10 heteroatoms. The van der Waals surface area contributed by atoms with E-state index in [0.29, 0.717) is 35.4 Å². The highest BCUT2D eigenvalue weighted by molar-refractivity contribution is 7.92. The van der Waals surface area contributed by atoms with E-state index < -0.39 is 22.0 Å². The Labute approximate surface area is 195 Å². The Morgan fingerprint density at radius 2 is 1.67 bits per heavy atom. The molecule has 0 bridgehead atoms. The first-order valence-corrected chi connectivity index (χ1v) is 12.0. The predicted octanol–water partition coefficient (Wildman–Crippen LogP) is 3.71. The lowest BCUT2D eigenvalue weighted by molar-refractivity contribution is -0.122. The summed E-state index contributed by atoms with van der Waals surface area (Å²) in [5.41, 5.74) is 0.752. The Kier molecular flexibility index (Phi) is 5.51. The van der Waals surface area contributed by atoms with Gasteiger partial charge in [0.1, 0.15) is 19.0 Å². The van der Waals surface area contributed by atoms with Crippen molar-refractivity contribution in [2.75, 3.05) is 29.4 Å². The number of rotatable bonds is 4. The Balaban J connectivity index is 1.45. The average Bonchev–Trinajstić information content (AvgIpc) is 2.83. The molecule has 2 aliphatic heterocycles. The van der Waals surface area contributed by atoms with E-state index in [1.165, 1.54) is 18.2 Å². The van der Waals surface area contributed by atoms with Gasteiger partial charge in [-0.1, -0.05) is 29.8 Å². The van der Waals surface area contributed by atoms with Gasteiger partial charge in [0.15, 0.2) is 17.6 Å². The highest BCUT2D eigenvalue weighted by Crippen LogP contribution is 2.39. The van der Waals surface area contributed by atoms with E-state index in [1.807, 2.05) is 0 Å². The molecule has 170 valence electrons. The quantitative estimate of drug-likeness (QED) is 0.604. The normalized spacial score (nSPS) is 17.0. The van der Waals surface area contributed by atoms with Crippen LogP contribution >= 0.6 is 11.6 Å². The lowest BCUT2D eigenvalue weighted by atomic mass is 10.2. The van der Waals surface area contributed by atoms with Crippen molar-refractivity contribution in [2.45, 2.75) is 11.0 Å². The second-order valence-corrected chi connectivity index (χ2v) is 9.71. The number of carbonyl (C=O) groups is 1. The molecule has 8 nitrogen and oxygen atoms in total. The molecule has 3 aromatic rings. The van der Waals surface area contributed by atoms with E-state index in [0.717, 1.165) is 4.31 Å². The number of benzene rings is 3. The lowest BCUT2D eigenvalue weighted by Gasteiger charge is -2.35. The fourth-order valence-electron chi connectivity index (χ4n) is 3.65. The highest BCUT2D eigenvalue weighted by atomic mass is 35.5. The number of halogens is 1. The van der Waals surface area contributed by atoms with E-state index in [1.54, 1.807) is 48.5 Å². The lowest BCUT2D eigenvalue weighted by Crippen LogP contribution is -2.48. The molecule has 1 N–H and O–H groups in total. The van der Waals surface area contributed by atoms with Gasteiger partial charge in [0.2, 0.25) is 0 Å². The summed E-state index contributed by atoms with van der Waals surface area (Å²) in [6.07, 6.45) is -1.09. The van der Waals surface area contributed by atoms with E-state index in [4.69, 9.17) is 25.8 Å². The van der Waals surface area contributed by atoms with Gasteiger partial charge < -0.3 is 19.5 Å². The van der Waals surface area contributed by atoms with Gasteiger partial charge in [0.25, 0.3) is 15.9 Å². The molecule has 0 saturated heterocycles.